The monoisotopic (exact) mass is 409 g/mol. The minimum Gasteiger partial charge on any atom is -0.465 e. The van der Waals surface area contributed by atoms with Gasteiger partial charge in [0.1, 0.15) is 11.5 Å². The normalized spacial score (nSPS) is 29.2. The van der Waals surface area contributed by atoms with Gasteiger partial charge in [-0.05, 0) is 56.7 Å². The third kappa shape index (κ3) is 2.62. The van der Waals surface area contributed by atoms with E-state index in [0.717, 1.165) is 72.5 Å². The highest BCUT2D eigenvalue weighted by atomic mass is 16.7. The van der Waals surface area contributed by atoms with E-state index >= 15 is 0 Å². The first kappa shape index (κ1) is 18.3. The summed E-state index contributed by atoms with van der Waals surface area (Å²) >= 11 is 0. The third-order valence-corrected chi connectivity index (χ3v) is 7.47. The van der Waals surface area contributed by atoms with Crippen LogP contribution < -0.4 is 9.47 Å². The molecule has 4 aliphatic rings. The molecule has 2 atom stereocenters. The Hall–Kier alpha value is -2.47. The smallest absolute Gasteiger partial charge is 0.258 e. The zero-order valence-electron chi connectivity index (χ0n) is 17.3. The second kappa shape index (κ2) is 6.51. The van der Waals surface area contributed by atoms with Crippen LogP contribution in [0.15, 0.2) is 22.6 Å². The van der Waals surface area contributed by atoms with Gasteiger partial charge in [0.25, 0.3) is 5.91 Å². The summed E-state index contributed by atoms with van der Waals surface area (Å²) in [6.07, 6.45) is 7.07. The number of rotatable bonds is 2. The maximum absolute atomic E-state index is 13.7. The number of fused-ring (bicyclic) bond motifs is 4. The Balaban J connectivity index is 1.30. The number of furan rings is 1. The molecule has 2 aromatic rings. The fourth-order valence-electron chi connectivity index (χ4n) is 6.09. The fourth-order valence-corrected chi connectivity index (χ4v) is 6.09. The highest BCUT2D eigenvalue weighted by Crippen LogP contribution is 2.48. The maximum atomic E-state index is 13.7. The summed E-state index contributed by atoms with van der Waals surface area (Å²) in [6.45, 7) is 2.14. The molecule has 6 nitrogen and oxygen atoms in total. The second-order valence-electron chi connectivity index (χ2n) is 9.25. The molecule has 4 heterocycles. The lowest BCUT2D eigenvalue weighted by molar-refractivity contribution is -0.0480. The van der Waals surface area contributed by atoms with Crippen LogP contribution >= 0.6 is 0 Å². The van der Waals surface area contributed by atoms with Crippen LogP contribution in [-0.2, 0) is 18.4 Å². The predicted molar refractivity (Wildman–Crippen MR) is 109 cm³/mol. The molecule has 30 heavy (non-hydrogen) atoms. The number of ether oxygens (including phenoxy) is 2. The van der Waals surface area contributed by atoms with Crippen molar-refractivity contribution < 1.29 is 23.8 Å². The van der Waals surface area contributed by atoms with E-state index < -0.39 is 5.60 Å². The van der Waals surface area contributed by atoms with Crippen molar-refractivity contribution in [2.45, 2.75) is 76.0 Å². The van der Waals surface area contributed by atoms with Crippen molar-refractivity contribution in [2.24, 2.45) is 0 Å². The molecule has 3 aliphatic heterocycles. The Morgan fingerprint density at radius 2 is 1.83 bits per heavy atom. The van der Waals surface area contributed by atoms with E-state index in [1.54, 1.807) is 0 Å². The third-order valence-electron chi connectivity index (χ3n) is 7.47. The standard InChI is InChI=1S/C24H27NO5/c1-14-22(18-4-2-3-5-19(18)30-14)23(26)25-16-7-8-17(25)12-24(27,11-16)15-6-9-20-21(10-15)29-13-28-20/h6,9-10,16-17,27H,2-5,7-8,11-13H2,1H3. The minimum atomic E-state index is -0.950. The van der Waals surface area contributed by atoms with Gasteiger partial charge < -0.3 is 23.9 Å². The van der Waals surface area contributed by atoms with Gasteiger partial charge in [-0.1, -0.05) is 6.07 Å². The van der Waals surface area contributed by atoms with Gasteiger partial charge in [0.05, 0.1) is 11.2 Å². The van der Waals surface area contributed by atoms with Crippen molar-refractivity contribution in [1.82, 2.24) is 4.90 Å². The van der Waals surface area contributed by atoms with Crippen LogP contribution in [0.2, 0.25) is 0 Å². The summed E-state index contributed by atoms with van der Waals surface area (Å²) in [4.78, 5) is 15.7. The van der Waals surface area contributed by atoms with Crippen molar-refractivity contribution in [1.29, 1.82) is 0 Å². The Bertz CT molecular complexity index is 1010. The Morgan fingerprint density at radius 3 is 2.63 bits per heavy atom. The van der Waals surface area contributed by atoms with Crippen LogP contribution in [0.1, 0.15) is 71.5 Å². The first-order valence-corrected chi connectivity index (χ1v) is 11.1. The summed E-state index contributed by atoms with van der Waals surface area (Å²) in [5.41, 5.74) is 1.82. The molecule has 1 amide bonds. The quantitative estimate of drug-likeness (QED) is 0.816. The molecule has 2 fully saturated rings. The number of carbonyl (C=O) groups is 1. The molecule has 0 spiro atoms. The Morgan fingerprint density at radius 1 is 1.10 bits per heavy atom. The Labute approximate surface area is 175 Å². The first-order valence-electron chi connectivity index (χ1n) is 11.1. The zero-order valence-corrected chi connectivity index (χ0v) is 17.3. The van der Waals surface area contributed by atoms with Crippen molar-refractivity contribution in [3.8, 4) is 11.5 Å². The number of aliphatic hydroxyl groups is 1. The van der Waals surface area contributed by atoms with Gasteiger partial charge in [0, 0.05) is 36.9 Å². The number of piperidine rings is 1. The predicted octanol–water partition coefficient (Wildman–Crippen LogP) is 3.85. The van der Waals surface area contributed by atoms with Gasteiger partial charge in [-0.2, -0.15) is 0 Å². The number of carbonyl (C=O) groups excluding carboxylic acids is 1. The lowest BCUT2D eigenvalue weighted by Gasteiger charge is -2.44. The molecule has 0 saturated carbocycles. The summed E-state index contributed by atoms with van der Waals surface area (Å²) in [5, 5.41) is 11.6. The minimum absolute atomic E-state index is 0.0419. The van der Waals surface area contributed by atoms with Gasteiger partial charge in [-0.3, -0.25) is 4.79 Å². The van der Waals surface area contributed by atoms with E-state index in [1.165, 1.54) is 0 Å². The zero-order chi connectivity index (χ0) is 20.5. The van der Waals surface area contributed by atoms with Gasteiger partial charge in [0.15, 0.2) is 11.5 Å². The lowest BCUT2D eigenvalue weighted by atomic mass is 9.80. The van der Waals surface area contributed by atoms with Gasteiger partial charge in [0.2, 0.25) is 6.79 Å². The Kier molecular flexibility index (Phi) is 3.97. The summed E-state index contributed by atoms with van der Waals surface area (Å²) in [5.74, 6) is 3.26. The summed E-state index contributed by atoms with van der Waals surface area (Å²) in [6, 6.07) is 5.79. The highest BCUT2D eigenvalue weighted by Gasteiger charge is 2.51. The van der Waals surface area contributed by atoms with Crippen LogP contribution in [0.4, 0.5) is 0 Å². The molecular weight excluding hydrogens is 382 g/mol. The number of amides is 1. The number of hydrogen-bond donors (Lipinski definition) is 1. The molecule has 1 aromatic heterocycles. The van der Waals surface area contributed by atoms with E-state index in [1.807, 2.05) is 30.0 Å². The van der Waals surface area contributed by atoms with Gasteiger partial charge in [-0.15, -0.1) is 0 Å². The molecule has 1 N–H and O–H groups in total. The molecule has 2 saturated heterocycles. The van der Waals surface area contributed by atoms with Crippen LogP contribution in [0.25, 0.3) is 0 Å². The molecule has 0 radical (unpaired) electrons. The number of benzene rings is 1. The number of nitrogens with zero attached hydrogens (tertiary/aromatic N) is 1. The number of aryl methyl sites for hydroxylation is 2. The second-order valence-corrected chi connectivity index (χ2v) is 9.25. The SMILES string of the molecule is Cc1oc2c(c1C(=O)N1C3CCC1CC(O)(c1ccc4c(c1)OCO4)C3)CCCC2. The topological polar surface area (TPSA) is 72.1 Å². The van der Waals surface area contributed by atoms with E-state index in [4.69, 9.17) is 13.9 Å². The molecular formula is C24H27NO5. The largest absolute Gasteiger partial charge is 0.465 e. The van der Waals surface area contributed by atoms with Gasteiger partial charge in [-0.25, -0.2) is 0 Å². The summed E-state index contributed by atoms with van der Waals surface area (Å²) < 4.78 is 16.9. The van der Waals surface area contributed by atoms with Crippen molar-refractivity contribution in [3.63, 3.8) is 0 Å². The van der Waals surface area contributed by atoms with Crippen LogP contribution in [0.3, 0.4) is 0 Å². The maximum Gasteiger partial charge on any atom is 0.258 e. The van der Waals surface area contributed by atoms with Gasteiger partial charge >= 0.3 is 0 Å². The lowest BCUT2D eigenvalue weighted by Crippen LogP contribution is -2.52. The molecule has 158 valence electrons. The molecule has 6 rings (SSSR count). The molecule has 6 heteroatoms. The fraction of sp³-hybridized carbons (Fsp3) is 0.542. The van der Waals surface area contributed by atoms with Crippen LogP contribution in [-0.4, -0.2) is 34.8 Å². The van der Waals surface area contributed by atoms with E-state index in [9.17, 15) is 9.90 Å². The first-order chi connectivity index (χ1) is 14.5. The highest BCUT2D eigenvalue weighted by molar-refractivity contribution is 5.97. The van der Waals surface area contributed by atoms with Crippen molar-refractivity contribution in [2.75, 3.05) is 6.79 Å². The molecule has 1 aromatic carbocycles. The van der Waals surface area contributed by atoms with E-state index in [0.29, 0.717) is 18.6 Å². The average Bonchev–Trinajstić information content (AvgIpc) is 3.41. The van der Waals surface area contributed by atoms with E-state index in [2.05, 4.69) is 0 Å². The van der Waals surface area contributed by atoms with Crippen LogP contribution in [0, 0.1) is 6.92 Å². The van der Waals surface area contributed by atoms with E-state index in [-0.39, 0.29) is 24.8 Å². The van der Waals surface area contributed by atoms with Crippen molar-refractivity contribution >= 4 is 5.91 Å². The molecule has 2 bridgehead atoms. The summed E-state index contributed by atoms with van der Waals surface area (Å²) in [7, 11) is 0. The molecule has 2 unspecified atom stereocenters. The average molecular weight is 409 g/mol. The van der Waals surface area contributed by atoms with Crippen LogP contribution in [0.5, 0.6) is 11.5 Å². The number of hydrogen-bond acceptors (Lipinski definition) is 5. The molecule has 1 aliphatic carbocycles. The van der Waals surface area contributed by atoms with Crippen molar-refractivity contribution in [3.05, 3.63) is 46.4 Å².